The Morgan fingerprint density at radius 3 is 2.48 bits per heavy atom. The first kappa shape index (κ1) is 21.8. The Bertz CT molecular complexity index is 1190. The molecule has 4 rings (SSSR count). The predicted octanol–water partition coefficient (Wildman–Crippen LogP) is 5.91. The van der Waals surface area contributed by atoms with Crippen molar-refractivity contribution in [2.45, 2.75) is 18.7 Å². The number of aromatic nitrogens is 4. The molecule has 0 fully saturated rings. The zero-order valence-corrected chi connectivity index (χ0v) is 19.5. The molecule has 2 aromatic heterocycles. The van der Waals surface area contributed by atoms with Gasteiger partial charge in [0.1, 0.15) is 18.3 Å². The van der Waals surface area contributed by atoms with Gasteiger partial charge >= 0.3 is 0 Å². The third-order valence-electron chi connectivity index (χ3n) is 4.88. The van der Waals surface area contributed by atoms with E-state index in [4.69, 9.17) is 23.2 Å². The maximum atomic E-state index is 11.7. The van der Waals surface area contributed by atoms with Gasteiger partial charge in [-0.15, -0.1) is 0 Å². The van der Waals surface area contributed by atoms with Gasteiger partial charge in [0.05, 0.1) is 13.1 Å². The molecule has 0 spiro atoms. The van der Waals surface area contributed by atoms with Crippen LogP contribution in [0.15, 0.2) is 78.1 Å². The summed E-state index contributed by atoms with van der Waals surface area (Å²) in [5.74, 6) is 0. The molecule has 0 radical (unpaired) electrons. The Kier molecular flexibility index (Phi) is 6.62. The molecule has 2 heterocycles. The second kappa shape index (κ2) is 9.40. The van der Waals surface area contributed by atoms with Crippen LogP contribution >= 0.6 is 39.1 Å². The largest absolute Gasteiger partial charge is 0.381 e. The molecule has 2 aromatic carbocycles. The van der Waals surface area contributed by atoms with Gasteiger partial charge in [-0.25, -0.2) is 9.67 Å². The van der Waals surface area contributed by atoms with Crippen molar-refractivity contribution in [1.82, 2.24) is 19.3 Å². The van der Waals surface area contributed by atoms with Gasteiger partial charge in [-0.3, -0.25) is 0 Å². The van der Waals surface area contributed by atoms with E-state index in [9.17, 15) is 5.11 Å². The van der Waals surface area contributed by atoms with Gasteiger partial charge in [0.25, 0.3) is 0 Å². The molecule has 4 aromatic rings. The molecule has 31 heavy (non-hydrogen) atoms. The monoisotopic (exact) mass is 516 g/mol. The average Bonchev–Trinajstić information content (AvgIpc) is 3.39. The van der Waals surface area contributed by atoms with Crippen molar-refractivity contribution in [1.29, 1.82) is 0 Å². The lowest BCUT2D eigenvalue weighted by molar-refractivity contribution is -0.00204. The lowest BCUT2D eigenvalue weighted by atomic mass is 9.93. The van der Waals surface area contributed by atoms with Crippen molar-refractivity contribution >= 4 is 51.3 Å². The molecule has 0 aliphatic rings. The van der Waals surface area contributed by atoms with Crippen LogP contribution < -0.4 is 0 Å². The number of benzene rings is 2. The van der Waals surface area contributed by atoms with Crippen LogP contribution in [0.2, 0.25) is 10.0 Å². The highest BCUT2D eigenvalue weighted by Crippen LogP contribution is 2.33. The van der Waals surface area contributed by atoms with Gasteiger partial charge in [0.2, 0.25) is 0 Å². The van der Waals surface area contributed by atoms with Crippen LogP contribution in [0.1, 0.15) is 16.7 Å². The summed E-state index contributed by atoms with van der Waals surface area (Å²) in [5, 5.41) is 16.7. The van der Waals surface area contributed by atoms with Gasteiger partial charge < -0.3 is 9.67 Å². The highest BCUT2D eigenvalue weighted by Gasteiger charge is 2.33. The van der Waals surface area contributed by atoms with Crippen molar-refractivity contribution < 1.29 is 5.11 Å². The van der Waals surface area contributed by atoms with Gasteiger partial charge in [-0.2, -0.15) is 5.10 Å². The topological polar surface area (TPSA) is 55.9 Å². The number of rotatable bonds is 7. The molecule has 1 N–H and O–H groups in total. The van der Waals surface area contributed by atoms with Gasteiger partial charge in [0, 0.05) is 32.5 Å². The molecule has 5 nitrogen and oxygen atoms in total. The maximum absolute atomic E-state index is 11.7. The zero-order chi connectivity index (χ0) is 21.8. The van der Waals surface area contributed by atoms with Crippen LogP contribution in [0.25, 0.3) is 12.2 Å². The lowest BCUT2D eigenvalue weighted by Gasteiger charge is -2.30. The molecule has 158 valence electrons. The van der Waals surface area contributed by atoms with Crippen molar-refractivity contribution in [3.05, 3.63) is 105 Å². The normalized spacial score (nSPS) is 13.5. The first-order valence-corrected chi connectivity index (χ1v) is 11.1. The number of hydrogen-bond donors (Lipinski definition) is 1. The smallest absolute Gasteiger partial charge is 0.137 e. The minimum absolute atomic E-state index is 0.191. The SMILES string of the molecule is OC(Cn1ccc(C=Cc2ccc(Br)cc2)c1)(Cn1cncn1)c1ccc(Cl)cc1Cl. The van der Waals surface area contributed by atoms with E-state index < -0.39 is 5.60 Å². The second-order valence-corrected chi connectivity index (χ2v) is 9.01. The summed E-state index contributed by atoms with van der Waals surface area (Å²) in [6.07, 6.45) is 11.0. The van der Waals surface area contributed by atoms with E-state index in [1.165, 1.54) is 6.33 Å². The van der Waals surface area contributed by atoms with Crippen LogP contribution in [0.3, 0.4) is 0 Å². The van der Waals surface area contributed by atoms with Crippen LogP contribution in [0.4, 0.5) is 0 Å². The molecular formula is C23H19BrCl2N4O. The number of aliphatic hydroxyl groups is 1. The van der Waals surface area contributed by atoms with Crippen molar-refractivity contribution in [2.24, 2.45) is 0 Å². The van der Waals surface area contributed by atoms with Crippen LogP contribution in [0, 0.1) is 0 Å². The van der Waals surface area contributed by atoms with Gasteiger partial charge in [-0.05, 0) is 41.5 Å². The van der Waals surface area contributed by atoms with Crippen LogP contribution in [-0.4, -0.2) is 24.4 Å². The van der Waals surface area contributed by atoms with E-state index in [2.05, 4.69) is 26.0 Å². The zero-order valence-electron chi connectivity index (χ0n) is 16.4. The van der Waals surface area contributed by atoms with E-state index in [-0.39, 0.29) is 13.1 Å². The quantitative estimate of drug-likeness (QED) is 0.331. The summed E-state index contributed by atoms with van der Waals surface area (Å²) < 4.78 is 4.56. The summed E-state index contributed by atoms with van der Waals surface area (Å²) >= 11 is 15.9. The van der Waals surface area contributed by atoms with Crippen LogP contribution in [0.5, 0.6) is 0 Å². The predicted molar refractivity (Wildman–Crippen MR) is 128 cm³/mol. The fourth-order valence-electron chi connectivity index (χ4n) is 3.39. The first-order chi connectivity index (χ1) is 14.9. The summed E-state index contributed by atoms with van der Waals surface area (Å²) in [5.41, 5.74) is 1.38. The lowest BCUT2D eigenvalue weighted by Crippen LogP contribution is -2.36. The molecule has 0 amide bonds. The number of halogens is 3. The third-order valence-corrected chi connectivity index (χ3v) is 5.95. The second-order valence-electron chi connectivity index (χ2n) is 7.25. The molecule has 0 bridgehead atoms. The van der Waals surface area contributed by atoms with E-state index in [0.29, 0.717) is 15.6 Å². The maximum Gasteiger partial charge on any atom is 0.137 e. The Hall–Kier alpha value is -2.38. The summed E-state index contributed by atoms with van der Waals surface area (Å²) in [4.78, 5) is 3.97. The molecule has 0 saturated heterocycles. The molecule has 8 heteroatoms. The van der Waals surface area contributed by atoms with Crippen LogP contribution in [-0.2, 0) is 18.7 Å². The molecule has 0 aliphatic carbocycles. The third kappa shape index (κ3) is 5.46. The van der Waals surface area contributed by atoms with E-state index >= 15 is 0 Å². The molecule has 0 aliphatic heterocycles. The standard InChI is InChI=1S/C23H19BrCl2N4O/c24-19-5-3-17(4-6-19)1-2-18-9-10-29(12-18)13-23(31,14-30-16-27-15-28-30)21-8-7-20(25)11-22(21)26/h1-12,15-16,31H,13-14H2. The molecular weight excluding hydrogens is 499 g/mol. The summed E-state index contributed by atoms with van der Waals surface area (Å²) in [7, 11) is 0. The fourth-order valence-corrected chi connectivity index (χ4v) is 4.24. The molecule has 1 atom stereocenters. The molecule has 0 saturated carbocycles. The van der Waals surface area contributed by atoms with Crippen molar-refractivity contribution in [2.75, 3.05) is 0 Å². The Balaban J connectivity index is 1.59. The highest BCUT2D eigenvalue weighted by molar-refractivity contribution is 9.10. The fraction of sp³-hybridized carbons (Fsp3) is 0.130. The van der Waals surface area contributed by atoms with Crippen molar-refractivity contribution in [3.63, 3.8) is 0 Å². The van der Waals surface area contributed by atoms with Gasteiger partial charge in [-0.1, -0.05) is 69.5 Å². The average molecular weight is 518 g/mol. The summed E-state index contributed by atoms with van der Waals surface area (Å²) in [6, 6.07) is 15.2. The minimum Gasteiger partial charge on any atom is -0.381 e. The first-order valence-electron chi connectivity index (χ1n) is 9.51. The highest BCUT2D eigenvalue weighted by atomic mass is 79.9. The number of nitrogens with zero attached hydrogens (tertiary/aromatic N) is 4. The van der Waals surface area contributed by atoms with E-state index in [0.717, 1.165) is 15.6 Å². The Morgan fingerprint density at radius 1 is 1.00 bits per heavy atom. The van der Waals surface area contributed by atoms with E-state index in [1.807, 2.05) is 59.4 Å². The number of hydrogen-bond acceptors (Lipinski definition) is 3. The minimum atomic E-state index is -1.32. The molecule has 1 unspecified atom stereocenters. The van der Waals surface area contributed by atoms with Gasteiger partial charge in [0.15, 0.2) is 0 Å². The Labute approximate surface area is 198 Å². The Morgan fingerprint density at radius 2 is 1.77 bits per heavy atom. The summed E-state index contributed by atoms with van der Waals surface area (Å²) in [6.45, 7) is 0.469. The van der Waals surface area contributed by atoms with Crippen molar-refractivity contribution in [3.8, 4) is 0 Å². The van der Waals surface area contributed by atoms with E-state index in [1.54, 1.807) is 29.2 Å².